The summed E-state index contributed by atoms with van der Waals surface area (Å²) in [5.41, 5.74) is 1.89. The number of benzene rings is 2. The van der Waals surface area contributed by atoms with Gasteiger partial charge in [0.15, 0.2) is 9.84 Å². The number of sulfone groups is 1. The van der Waals surface area contributed by atoms with Crippen LogP contribution < -0.4 is 0 Å². The van der Waals surface area contributed by atoms with Gasteiger partial charge in [-0.05, 0) is 23.3 Å². The van der Waals surface area contributed by atoms with E-state index in [-0.39, 0.29) is 29.0 Å². The highest BCUT2D eigenvalue weighted by molar-refractivity contribution is 8.00. The normalized spacial score (nSPS) is 20.4. The molecule has 0 bridgehead atoms. The summed E-state index contributed by atoms with van der Waals surface area (Å²) in [4.78, 5) is 15.3. The Morgan fingerprint density at radius 1 is 1.15 bits per heavy atom. The molecule has 2 aromatic carbocycles. The first kappa shape index (κ1) is 20.0. The zero-order valence-electron chi connectivity index (χ0n) is 15.7. The lowest BCUT2D eigenvalue weighted by Crippen LogP contribution is -2.44. The fourth-order valence-corrected chi connectivity index (χ4v) is 5.60. The van der Waals surface area contributed by atoms with Crippen molar-refractivity contribution < 1.29 is 13.2 Å². The minimum atomic E-state index is -3.27. The Labute approximate surface area is 165 Å². The Morgan fingerprint density at radius 2 is 1.89 bits per heavy atom. The summed E-state index contributed by atoms with van der Waals surface area (Å²) in [5.74, 6) is 1.02. The van der Waals surface area contributed by atoms with E-state index in [1.165, 1.54) is 0 Å². The van der Waals surface area contributed by atoms with E-state index >= 15 is 0 Å². The van der Waals surface area contributed by atoms with Gasteiger partial charge in [-0.3, -0.25) is 4.79 Å². The van der Waals surface area contributed by atoms with Crippen molar-refractivity contribution in [3.63, 3.8) is 0 Å². The van der Waals surface area contributed by atoms with Gasteiger partial charge in [0, 0.05) is 17.5 Å². The molecule has 27 heavy (non-hydrogen) atoms. The average molecular weight is 404 g/mol. The molecule has 0 saturated carbocycles. The first-order valence-corrected chi connectivity index (χ1v) is 11.9. The first-order chi connectivity index (χ1) is 12.9. The molecule has 0 N–H and O–H groups in total. The Hall–Kier alpha value is -1.79. The maximum atomic E-state index is 13.1. The van der Waals surface area contributed by atoms with E-state index in [0.29, 0.717) is 11.8 Å². The van der Waals surface area contributed by atoms with Crippen LogP contribution in [-0.4, -0.2) is 42.5 Å². The predicted molar refractivity (Wildman–Crippen MR) is 111 cm³/mol. The van der Waals surface area contributed by atoms with Crippen molar-refractivity contribution in [3.05, 3.63) is 65.7 Å². The van der Waals surface area contributed by atoms with Gasteiger partial charge >= 0.3 is 0 Å². The van der Waals surface area contributed by atoms with Crippen molar-refractivity contribution in [3.8, 4) is 0 Å². The van der Waals surface area contributed by atoms with Crippen molar-refractivity contribution in [2.75, 3.05) is 18.1 Å². The highest BCUT2D eigenvalue weighted by atomic mass is 32.2. The summed E-state index contributed by atoms with van der Waals surface area (Å²) in [6, 6.07) is 16.9. The Morgan fingerprint density at radius 3 is 2.59 bits per heavy atom. The molecule has 2 unspecified atom stereocenters. The van der Waals surface area contributed by atoms with Gasteiger partial charge in [-0.25, -0.2) is 8.42 Å². The predicted octanol–water partition coefficient (Wildman–Crippen LogP) is 3.73. The van der Waals surface area contributed by atoms with Gasteiger partial charge in [0.05, 0.1) is 23.1 Å². The Kier molecular flexibility index (Phi) is 6.27. The molecule has 1 fully saturated rings. The second-order valence-electron chi connectivity index (χ2n) is 6.75. The molecule has 1 aliphatic heterocycles. The second-order valence-corrected chi connectivity index (χ2v) is 10.5. The fraction of sp³-hybridized carbons (Fsp3) is 0.381. The summed E-state index contributed by atoms with van der Waals surface area (Å²) < 4.78 is 24.2. The molecular formula is C21H25NO3S2. The monoisotopic (exact) mass is 403 g/mol. The van der Waals surface area contributed by atoms with Crippen LogP contribution in [-0.2, 0) is 21.1 Å². The highest BCUT2D eigenvalue weighted by Gasteiger charge is 2.33. The standard InChI is InChI=1S/C21H25NO3S2/c1-3-27(24,25)19-11-7-8-17(14-19)15-20(23)22-12-13-26-16(2)21(22)18-9-5-4-6-10-18/h4-11,14,16,21H,3,12-13,15H2,1-2H3. The number of carbonyl (C=O) groups excluding carboxylic acids is 1. The minimum Gasteiger partial charge on any atom is -0.333 e. The zero-order valence-corrected chi connectivity index (χ0v) is 17.3. The molecule has 4 nitrogen and oxygen atoms in total. The third-order valence-corrected chi connectivity index (χ3v) is 7.88. The van der Waals surface area contributed by atoms with Gasteiger partial charge < -0.3 is 4.90 Å². The first-order valence-electron chi connectivity index (χ1n) is 9.20. The van der Waals surface area contributed by atoms with Crippen LogP contribution in [0.2, 0.25) is 0 Å². The molecule has 0 spiro atoms. The van der Waals surface area contributed by atoms with E-state index in [0.717, 1.165) is 16.9 Å². The van der Waals surface area contributed by atoms with Crippen LogP contribution in [0.5, 0.6) is 0 Å². The van der Waals surface area contributed by atoms with Gasteiger partial charge in [-0.2, -0.15) is 11.8 Å². The molecule has 1 heterocycles. The summed E-state index contributed by atoms with van der Waals surface area (Å²) >= 11 is 1.88. The largest absolute Gasteiger partial charge is 0.333 e. The van der Waals surface area contributed by atoms with Crippen LogP contribution in [0.25, 0.3) is 0 Å². The van der Waals surface area contributed by atoms with Crippen molar-refractivity contribution >= 4 is 27.5 Å². The topological polar surface area (TPSA) is 54.5 Å². The summed E-state index contributed by atoms with van der Waals surface area (Å²) in [6.45, 7) is 4.50. The Bertz CT molecular complexity index is 897. The van der Waals surface area contributed by atoms with Crippen LogP contribution in [0.15, 0.2) is 59.5 Å². The van der Waals surface area contributed by atoms with E-state index in [4.69, 9.17) is 0 Å². The number of nitrogens with zero attached hydrogens (tertiary/aromatic N) is 1. The van der Waals surface area contributed by atoms with Crippen LogP contribution >= 0.6 is 11.8 Å². The molecular weight excluding hydrogens is 378 g/mol. The zero-order chi connectivity index (χ0) is 19.4. The lowest BCUT2D eigenvalue weighted by Gasteiger charge is -2.40. The molecule has 144 valence electrons. The van der Waals surface area contributed by atoms with Gasteiger partial charge in [-0.15, -0.1) is 0 Å². The number of carbonyl (C=O) groups is 1. The molecule has 1 amide bonds. The lowest BCUT2D eigenvalue weighted by molar-refractivity contribution is -0.132. The summed E-state index contributed by atoms with van der Waals surface area (Å²) in [5, 5.41) is 0.317. The molecule has 1 aliphatic rings. The SMILES string of the molecule is CCS(=O)(=O)c1cccc(CC(=O)N2CCSC(C)C2c2ccccc2)c1. The number of amides is 1. The second kappa shape index (κ2) is 8.48. The van der Waals surface area contributed by atoms with Crippen LogP contribution in [0.3, 0.4) is 0 Å². The fourth-order valence-electron chi connectivity index (χ4n) is 3.49. The molecule has 6 heteroatoms. The maximum absolute atomic E-state index is 13.1. The third-order valence-electron chi connectivity index (χ3n) is 4.95. The number of hydrogen-bond acceptors (Lipinski definition) is 4. The number of rotatable bonds is 5. The molecule has 0 radical (unpaired) electrons. The van der Waals surface area contributed by atoms with Crippen LogP contribution in [0.1, 0.15) is 31.0 Å². The Balaban J connectivity index is 1.83. The smallest absolute Gasteiger partial charge is 0.227 e. The summed E-state index contributed by atoms with van der Waals surface area (Å²) in [6.07, 6.45) is 0.216. The molecule has 2 aromatic rings. The highest BCUT2D eigenvalue weighted by Crippen LogP contribution is 2.36. The number of hydrogen-bond donors (Lipinski definition) is 0. The van der Waals surface area contributed by atoms with Crippen molar-refractivity contribution in [1.29, 1.82) is 0 Å². The average Bonchev–Trinajstić information content (AvgIpc) is 2.68. The van der Waals surface area contributed by atoms with Crippen LogP contribution in [0.4, 0.5) is 0 Å². The molecule has 2 atom stereocenters. The van der Waals surface area contributed by atoms with Crippen molar-refractivity contribution in [2.24, 2.45) is 0 Å². The molecule has 3 rings (SSSR count). The van der Waals surface area contributed by atoms with Crippen LogP contribution in [0, 0.1) is 0 Å². The molecule has 1 saturated heterocycles. The van der Waals surface area contributed by atoms with E-state index < -0.39 is 9.84 Å². The summed E-state index contributed by atoms with van der Waals surface area (Å²) in [7, 11) is -3.27. The molecule has 0 aromatic heterocycles. The van der Waals surface area contributed by atoms with Crippen molar-refractivity contribution in [2.45, 2.75) is 36.5 Å². The van der Waals surface area contributed by atoms with E-state index in [2.05, 4.69) is 19.1 Å². The minimum absolute atomic E-state index is 0.0417. The van der Waals surface area contributed by atoms with E-state index in [1.54, 1.807) is 25.1 Å². The third kappa shape index (κ3) is 4.55. The van der Waals surface area contributed by atoms with Gasteiger partial charge in [0.2, 0.25) is 5.91 Å². The van der Waals surface area contributed by atoms with Crippen molar-refractivity contribution in [1.82, 2.24) is 4.90 Å². The van der Waals surface area contributed by atoms with E-state index in [9.17, 15) is 13.2 Å². The lowest BCUT2D eigenvalue weighted by atomic mass is 10.0. The number of thioether (sulfide) groups is 1. The van der Waals surface area contributed by atoms with Gasteiger partial charge in [-0.1, -0.05) is 56.3 Å². The van der Waals surface area contributed by atoms with Gasteiger partial charge in [0.1, 0.15) is 0 Å². The quantitative estimate of drug-likeness (QED) is 0.763. The molecule has 0 aliphatic carbocycles. The maximum Gasteiger partial charge on any atom is 0.227 e. The van der Waals surface area contributed by atoms with E-state index in [1.807, 2.05) is 40.9 Å². The van der Waals surface area contributed by atoms with Gasteiger partial charge in [0.25, 0.3) is 0 Å².